The molecule has 0 amide bonds. The molecular weight excluding hydrogens is 685 g/mol. The van der Waals surface area contributed by atoms with E-state index in [9.17, 15) is 14.4 Å². The van der Waals surface area contributed by atoms with Crippen molar-refractivity contribution in [3.05, 3.63) is 72.9 Å². The topological polar surface area (TPSA) is 78.9 Å². The van der Waals surface area contributed by atoms with Gasteiger partial charge in [0.25, 0.3) is 0 Å². The Balaban J connectivity index is 4.42. The lowest BCUT2D eigenvalue weighted by molar-refractivity contribution is -0.166. The van der Waals surface area contributed by atoms with Crippen molar-refractivity contribution >= 4 is 17.9 Å². The summed E-state index contributed by atoms with van der Waals surface area (Å²) >= 11 is 0. The van der Waals surface area contributed by atoms with Gasteiger partial charge in [0.15, 0.2) is 6.10 Å². The fraction of sp³-hybridized carbons (Fsp3) is 0.694. The highest BCUT2D eigenvalue weighted by molar-refractivity contribution is 5.71. The zero-order valence-electron chi connectivity index (χ0n) is 35.7. The molecule has 0 saturated heterocycles. The second-order valence-electron chi connectivity index (χ2n) is 14.6. The van der Waals surface area contributed by atoms with Crippen LogP contribution in [0.1, 0.15) is 201 Å². The number of hydrogen-bond acceptors (Lipinski definition) is 6. The lowest BCUT2D eigenvalue weighted by Crippen LogP contribution is -2.30. The van der Waals surface area contributed by atoms with Crippen LogP contribution in [-0.4, -0.2) is 37.2 Å². The van der Waals surface area contributed by atoms with E-state index < -0.39 is 6.10 Å². The third-order valence-corrected chi connectivity index (χ3v) is 9.24. The minimum absolute atomic E-state index is 0.0975. The van der Waals surface area contributed by atoms with Crippen LogP contribution in [0, 0.1) is 0 Å². The molecule has 0 rings (SSSR count). The molecule has 1 atom stereocenters. The summed E-state index contributed by atoms with van der Waals surface area (Å²) in [5.41, 5.74) is 0. The first-order valence-electron chi connectivity index (χ1n) is 22.4. The van der Waals surface area contributed by atoms with E-state index in [0.717, 1.165) is 77.0 Å². The molecule has 0 aliphatic heterocycles. The predicted molar refractivity (Wildman–Crippen MR) is 233 cm³/mol. The Hall–Kier alpha value is -3.15. The fourth-order valence-electron chi connectivity index (χ4n) is 5.88. The van der Waals surface area contributed by atoms with E-state index in [2.05, 4.69) is 81.5 Å². The molecule has 1 unspecified atom stereocenters. The van der Waals surface area contributed by atoms with E-state index in [1.165, 1.54) is 77.0 Å². The predicted octanol–water partition coefficient (Wildman–Crippen LogP) is 14.3. The molecule has 0 heterocycles. The highest BCUT2D eigenvalue weighted by Crippen LogP contribution is 2.13. The first-order chi connectivity index (χ1) is 27.0. The van der Waals surface area contributed by atoms with Crippen LogP contribution < -0.4 is 0 Å². The van der Waals surface area contributed by atoms with Gasteiger partial charge in [-0.25, -0.2) is 0 Å². The molecule has 0 saturated carbocycles. The Bertz CT molecular complexity index is 1070. The summed E-state index contributed by atoms with van der Waals surface area (Å²) < 4.78 is 16.6. The lowest BCUT2D eigenvalue weighted by Gasteiger charge is -2.18. The molecule has 0 spiro atoms. The summed E-state index contributed by atoms with van der Waals surface area (Å²) in [6, 6.07) is 0. The van der Waals surface area contributed by atoms with Gasteiger partial charge >= 0.3 is 17.9 Å². The van der Waals surface area contributed by atoms with Crippen LogP contribution in [0.4, 0.5) is 0 Å². The fourth-order valence-corrected chi connectivity index (χ4v) is 5.88. The first kappa shape index (κ1) is 51.9. The molecular formula is C49H82O6. The quantitative estimate of drug-likeness (QED) is 0.0268. The summed E-state index contributed by atoms with van der Waals surface area (Å²) in [4.78, 5) is 37.5. The zero-order chi connectivity index (χ0) is 40.1. The second-order valence-corrected chi connectivity index (χ2v) is 14.6. The lowest BCUT2D eigenvalue weighted by atomic mass is 10.1. The van der Waals surface area contributed by atoms with Crippen LogP contribution in [0.5, 0.6) is 0 Å². The number of ether oxygens (including phenoxy) is 3. The van der Waals surface area contributed by atoms with E-state index in [0.29, 0.717) is 19.3 Å². The molecule has 0 fully saturated rings. The number of hydrogen-bond donors (Lipinski definition) is 0. The monoisotopic (exact) mass is 767 g/mol. The number of carbonyl (C=O) groups is 3. The highest BCUT2D eigenvalue weighted by atomic mass is 16.6. The summed E-state index contributed by atoms with van der Waals surface area (Å²) in [6.07, 6.45) is 53.4. The average molecular weight is 767 g/mol. The van der Waals surface area contributed by atoms with Crippen molar-refractivity contribution in [1.82, 2.24) is 0 Å². The normalized spacial score (nSPS) is 12.7. The highest BCUT2D eigenvalue weighted by Gasteiger charge is 2.19. The van der Waals surface area contributed by atoms with Gasteiger partial charge < -0.3 is 14.2 Å². The van der Waals surface area contributed by atoms with E-state index in [1.807, 2.05) is 12.2 Å². The van der Waals surface area contributed by atoms with Gasteiger partial charge in [0, 0.05) is 19.3 Å². The summed E-state index contributed by atoms with van der Waals surface area (Å²) in [6.45, 7) is 6.38. The minimum atomic E-state index is -0.798. The number of unbranched alkanes of at least 4 members (excludes halogenated alkanes) is 16. The summed E-state index contributed by atoms with van der Waals surface area (Å²) in [7, 11) is 0. The Labute approximate surface area is 338 Å². The molecule has 0 N–H and O–H groups in total. The number of rotatable bonds is 39. The number of esters is 3. The standard InChI is InChI=1S/C49H82O6/c1-4-7-10-13-16-18-20-21-22-23-24-25-26-27-29-30-33-36-39-42-48(51)54-45-46(44-53-47(50)41-38-35-32-15-12-9-6-3)55-49(52)43-40-37-34-31-28-19-17-14-11-8-5-2/h7,10,16,18,21-22,24-25,27,29,33,36,46H,4-6,8-9,11-15,17,19-20,23,26,28,30-32,34-35,37-45H2,1-3H3/b10-7-,18-16-,22-21-,25-24-,29-27-,36-33-. The molecule has 6 nitrogen and oxygen atoms in total. The number of allylic oxidation sites excluding steroid dienone is 12. The SMILES string of the molecule is CC/C=C\C/C=C\C/C=C\C/C=C\C/C=C\C/C=C\CCC(=O)OCC(COC(=O)CCCCCCCCC)OC(=O)CCCCCCCCCCCCC. The van der Waals surface area contributed by atoms with Crippen LogP contribution in [0.15, 0.2) is 72.9 Å². The maximum absolute atomic E-state index is 12.7. The maximum atomic E-state index is 12.7. The van der Waals surface area contributed by atoms with Crippen LogP contribution in [0.25, 0.3) is 0 Å². The van der Waals surface area contributed by atoms with Crippen LogP contribution in [0.3, 0.4) is 0 Å². The third-order valence-electron chi connectivity index (χ3n) is 9.24. The number of carbonyl (C=O) groups excluding carboxylic acids is 3. The molecule has 0 aromatic carbocycles. The van der Waals surface area contributed by atoms with E-state index in [4.69, 9.17) is 14.2 Å². The van der Waals surface area contributed by atoms with Gasteiger partial charge in [0.2, 0.25) is 0 Å². The molecule has 0 aliphatic carbocycles. The summed E-state index contributed by atoms with van der Waals surface area (Å²) in [5, 5.41) is 0. The molecule has 0 aromatic rings. The average Bonchev–Trinajstić information content (AvgIpc) is 3.18. The molecule has 55 heavy (non-hydrogen) atoms. The van der Waals surface area contributed by atoms with Crippen LogP contribution >= 0.6 is 0 Å². The Morgan fingerprint density at radius 2 is 0.709 bits per heavy atom. The van der Waals surface area contributed by atoms with Crippen molar-refractivity contribution in [3.63, 3.8) is 0 Å². The van der Waals surface area contributed by atoms with E-state index in [1.54, 1.807) is 0 Å². The van der Waals surface area contributed by atoms with Gasteiger partial charge in [-0.2, -0.15) is 0 Å². The molecule has 0 bridgehead atoms. The van der Waals surface area contributed by atoms with Crippen molar-refractivity contribution in [3.8, 4) is 0 Å². The van der Waals surface area contributed by atoms with E-state index >= 15 is 0 Å². The Kier molecular flexibility index (Phi) is 41.1. The van der Waals surface area contributed by atoms with Gasteiger partial charge in [-0.3, -0.25) is 14.4 Å². The minimum Gasteiger partial charge on any atom is -0.462 e. The zero-order valence-corrected chi connectivity index (χ0v) is 35.7. The van der Waals surface area contributed by atoms with Gasteiger partial charge in [-0.1, -0.05) is 196 Å². The van der Waals surface area contributed by atoms with Crippen molar-refractivity contribution in [2.24, 2.45) is 0 Å². The molecule has 0 aromatic heterocycles. The molecule has 0 radical (unpaired) electrons. The molecule has 0 aliphatic rings. The van der Waals surface area contributed by atoms with E-state index in [-0.39, 0.29) is 37.5 Å². The molecule has 6 heteroatoms. The van der Waals surface area contributed by atoms with Gasteiger partial charge in [0.1, 0.15) is 13.2 Å². The Morgan fingerprint density at radius 1 is 0.382 bits per heavy atom. The van der Waals surface area contributed by atoms with Gasteiger partial charge in [-0.05, 0) is 57.8 Å². The van der Waals surface area contributed by atoms with Gasteiger partial charge in [0.05, 0.1) is 0 Å². The van der Waals surface area contributed by atoms with Crippen LogP contribution in [0.2, 0.25) is 0 Å². The molecule has 314 valence electrons. The van der Waals surface area contributed by atoms with Crippen molar-refractivity contribution in [1.29, 1.82) is 0 Å². The smallest absolute Gasteiger partial charge is 0.306 e. The van der Waals surface area contributed by atoms with Crippen molar-refractivity contribution < 1.29 is 28.6 Å². The van der Waals surface area contributed by atoms with Crippen molar-refractivity contribution in [2.45, 2.75) is 207 Å². The Morgan fingerprint density at radius 3 is 1.11 bits per heavy atom. The van der Waals surface area contributed by atoms with Crippen LogP contribution in [-0.2, 0) is 28.6 Å². The maximum Gasteiger partial charge on any atom is 0.306 e. The summed E-state index contributed by atoms with van der Waals surface area (Å²) in [5.74, 6) is -0.998. The first-order valence-corrected chi connectivity index (χ1v) is 22.4. The van der Waals surface area contributed by atoms with Crippen molar-refractivity contribution in [2.75, 3.05) is 13.2 Å². The van der Waals surface area contributed by atoms with Gasteiger partial charge in [-0.15, -0.1) is 0 Å². The largest absolute Gasteiger partial charge is 0.462 e. The second kappa shape index (κ2) is 43.6. The third kappa shape index (κ3) is 41.8.